The lowest BCUT2D eigenvalue weighted by Crippen LogP contribution is -2.26. The van der Waals surface area contributed by atoms with Gasteiger partial charge >= 0.3 is 5.04 Å². The third kappa shape index (κ3) is 2.83. The van der Waals surface area contributed by atoms with Gasteiger partial charge in [-0.2, -0.15) is 5.26 Å². The van der Waals surface area contributed by atoms with Crippen LogP contribution in [0.4, 0.5) is 0 Å². The zero-order valence-corrected chi connectivity index (χ0v) is 12.0. The number of sulfone groups is 1. The summed E-state index contributed by atoms with van der Waals surface area (Å²) in [4.78, 5) is 14.8. The maximum Gasteiger partial charge on any atom is 0.456 e. The molecular weight excluding hydrogens is 302 g/mol. The molecule has 0 N–H and O–H groups in total. The van der Waals surface area contributed by atoms with Gasteiger partial charge < -0.3 is 5.53 Å². The lowest BCUT2D eigenvalue weighted by Gasteiger charge is -2.00. The van der Waals surface area contributed by atoms with Gasteiger partial charge in [0.15, 0.2) is 0 Å². The quantitative estimate of drug-likeness (QED) is 0.283. The van der Waals surface area contributed by atoms with E-state index in [9.17, 15) is 13.2 Å². The molecule has 108 valence electrons. The fourth-order valence-corrected chi connectivity index (χ4v) is 2.96. The Hall–Kier alpha value is -3.07. The molecule has 0 unspecified atom stereocenters. The normalized spacial score (nSPS) is 10.3. The van der Waals surface area contributed by atoms with Crippen molar-refractivity contribution in [1.82, 2.24) is 0 Å². The molecule has 0 heterocycles. The van der Waals surface area contributed by atoms with Gasteiger partial charge in [0.2, 0.25) is 0 Å². The smallest absolute Gasteiger partial charge is 0.360 e. The minimum atomic E-state index is -4.23. The van der Waals surface area contributed by atoms with Crippen molar-refractivity contribution in [3.05, 3.63) is 71.3 Å². The largest absolute Gasteiger partial charge is 0.456 e. The van der Waals surface area contributed by atoms with E-state index in [0.717, 1.165) is 0 Å². The Kier molecular flexibility index (Phi) is 4.28. The van der Waals surface area contributed by atoms with Gasteiger partial charge in [0.1, 0.15) is 0 Å². The topological polar surface area (TPSA) is 111 Å². The Morgan fingerprint density at radius 2 is 1.64 bits per heavy atom. The molecule has 2 aromatic rings. The van der Waals surface area contributed by atoms with E-state index in [1.54, 1.807) is 6.07 Å². The maximum absolute atomic E-state index is 12.3. The minimum absolute atomic E-state index is 0.00584. The lowest BCUT2D eigenvalue weighted by atomic mass is 10.1. The Balaban J connectivity index is 2.47. The molecule has 6 nitrogen and oxygen atoms in total. The van der Waals surface area contributed by atoms with E-state index in [2.05, 4.69) is 4.79 Å². The molecule has 7 heteroatoms. The van der Waals surface area contributed by atoms with Crippen molar-refractivity contribution in [1.29, 1.82) is 5.26 Å². The summed E-state index contributed by atoms with van der Waals surface area (Å²) in [5, 5.41) is 7.74. The minimum Gasteiger partial charge on any atom is -0.360 e. The number of hydrogen-bond acceptors (Lipinski definition) is 4. The highest BCUT2D eigenvalue weighted by atomic mass is 32.2. The van der Waals surface area contributed by atoms with Crippen molar-refractivity contribution in [3.8, 4) is 6.07 Å². The van der Waals surface area contributed by atoms with Crippen LogP contribution in [0, 0.1) is 11.3 Å². The summed E-state index contributed by atoms with van der Waals surface area (Å²) >= 11 is 0. The number of nitriles is 1. The second kappa shape index (κ2) is 6.14. The van der Waals surface area contributed by atoms with Crippen molar-refractivity contribution < 1.29 is 18.0 Å². The van der Waals surface area contributed by atoms with Crippen LogP contribution in [-0.4, -0.2) is 24.0 Å². The van der Waals surface area contributed by atoms with E-state index in [4.69, 9.17) is 10.8 Å². The fraction of sp³-hybridized carbons (Fsp3) is 0. The second-order valence-electron chi connectivity index (χ2n) is 4.24. The number of rotatable bonds is 3. The van der Waals surface area contributed by atoms with Gasteiger partial charge in [-0.05, 0) is 36.4 Å². The van der Waals surface area contributed by atoms with Crippen molar-refractivity contribution in [2.75, 3.05) is 0 Å². The predicted molar refractivity (Wildman–Crippen MR) is 77.7 cm³/mol. The first kappa shape index (κ1) is 15.3. The van der Waals surface area contributed by atoms with E-state index >= 15 is 0 Å². The van der Waals surface area contributed by atoms with Crippen molar-refractivity contribution in [3.63, 3.8) is 0 Å². The van der Waals surface area contributed by atoms with Crippen molar-refractivity contribution in [2.24, 2.45) is 0 Å². The first-order valence-corrected chi connectivity index (χ1v) is 7.56. The second-order valence-corrected chi connectivity index (χ2v) is 6.10. The molecule has 0 atom stereocenters. The third-order valence-electron chi connectivity index (χ3n) is 2.87. The maximum atomic E-state index is 12.3. The SMILES string of the molecule is N#Cc1ccc(C(=O)C(=[N+]=[N-])S(=O)(=O)c2ccccc2)cc1. The average Bonchev–Trinajstić information content (AvgIpc) is 2.56. The summed E-state index contributed by atoms with van der Waals surface area (Å²) in [6, 6.07) is 14.4. The molecule has 22 heavy (non-hydrogen) atoms. The Morgan fingerprint density at radius 3 is 2.14 bits per heavy atom. The first-order valence-electron chi connectivity index (χ1n) is 6.07. The van der Waals surface area contributed by atoms with E-state index in [-0.39, 0.29) is 10.5 Å². The molecule has 2 aromatic carbocycles. The molecule has 0 aliphatic heterocycles. The summed E-state index contributed by atoms with van der Waals surface area (Å²) in [6.45, 7) is 0. The monoisotopic (exact) mass is 311 g/mol. The number of Topliss-reactive ketones (excluding diaryl/α,β-unsaturated/α-hetero) is 1. The van der Waals surface area contributed by atoms with Crippen molar-refractivity contribution in [2.45, 2.75) is 4.90 Å². The van der Waals surface area contributed by atoms with Crippen LogP contribution in [0.25, 0.3) is 5.53 Å². The number of carbonyl (C=O) groups excluding carboxylic acids is 1. The van der Waals surface area contributed by atoms with Gasteiger partial charge in [-0.25, -0.2) is 8.42 Å². The summed E-state index contributed by atoms with van der Waals surface area (Å²) in [5.74, 6) is -0.948. The van der Waals surface area contributed by atoms with Crippen LogP contribution in [0.15, 0.2) is 59.5 Å². The number of benzene rings is 2. The molecule has 0 radical (unpaired) electrons. The van der Waals surface area contributed by atoms with Gasteiger partial charge in [-0.15, -0.1) is 4.79 Å². The molecule has 0 bridgehead atoms. The average molecular weight is 311 g/mol. The molecule has 2 rings (SSSR count). The summed E-state index contributed by atoms with van der Waals surface area (Å²) in [6.07, 6.45) is 0. The fourth-order valence-electron chi connectivity index (χ4n) is 1.75. The van der Waals surface area contributed by atoms with Crippen LogP contribution in [0.5, 0.6) is 0 Å². The van der Waals surface area contributed by atoms with Crippen LogP contribution in [-0.2, 0) is 9.84 Å². The standard InChI is InChI=1S/C15H9N3O3S/c16-10-11-6-8-12(9-7-11)14(19)15(18-17)22(20,21)13-4-2-1-3-5-13/h1-9H. The predicted octanol–water partition coefficient (Wildman–Crippen LogP) is 1.84. The number of nitrogens with zero attached hydrogens (tertiary/aromatic N) is 3. The Morgan fingerprint density at radius 1 is 1.05 bits per heavy atom. The summed E-state index contributed by atoms with van der Waals surface area (Å²) < 4.78 is 24.7. The lowest BCUT2D eigenvalue weighted by molar-refractivity contribution is -0.00158. The van der Waals surface area contributed by atoms with E-state index in [1.807, 2.05) is 6.07 Å². The van der Waals surface area contributed by atoms with E-state index in [0.29, 0.717) is 5.56 Å². The van der Waals surface area contributed by atoms with E-state index in [1.165, 1.54) is 48.5 Å². The van der Waals surface area contributed by atoms with Gasteiger partial charge in [-0.3, -0.25) is 4.79 Å². The van der Waals surface area contributed by atoms with Gasteiger partial charge in [0, 0.05) is 5.56 Å². The molecule has 0 spiro atoms. The molecule has 0 aliphatic carbocycles. The molecule has 0 amide bonds. The van der Waals surface area contributed by atoms with Gasteiger partial charge in [0.05, 0.1) is 16.5 Å². The first-order chi connectivity index (χ1) is 10.5. The van der Waals surface area contributed by atoms with Crippen LogP contribution in [0.1, 0.15) is 15.9 Å². The van der Waals surface area contributed by atoms with E-state index < -0.39 is 20.7 Å². The number of ketones is 1. The van der Waals surface area contributed by atoms with Crippen LogP contribution in [0.3, 0.4) is 0 Å². The molecule has 0 fully saturated rings. The molecule has 0 saturated heterocycles. The highest BCUT2D eigenvalue weighted by molar-refractivity contribution is 8.08. The molecule has 0 saturated carbocycles. The zero-order chi connectivity index (χ0) is 16.2. The number of hydrogen-bond donors (Lipinski definition) is 0. The third-order valence-corrected chi connectivity index (χ3v) is 4.54. The van der Waals surface area contributed by atoms with Crippen LogP contribution in [0.2, 0.25) is 0 Å². The van der Waals surface area contributed by atoms with Gasteiger partial charge in [-0.1, -0.05) is 18.2 Å². The van der Waals surface area contributed by atoms with Crippen LogP contribution < -0.4 is 0 Å². The zero-order valence-electron chi connectivity index (χ0n) is 11.2. The van der Waals surface area contributed by atoms with Gasteiger partial charge in [0.25, 0.3) is 15.6 Å². The number of carbonyl (C=O) groups is 1. The Bertz CT molecular complexity index is 905. The van der Waals surface area contributed by atoms with Crippen molar-refractivity contribution >= 4 is 20.7 Å². The molecule has 0 aliphatic rings. The highest BCUT2D eigenvalue weighted by Gasteiger charge is 2.37. The highest BCUT2D eigenvalue weighted by Crippen LogP contribution is 2.14. The molecular formula is C15H9N3O3S. The Labute approximate surface area is 126 Å². The molecule has 0 aromatic heterocycles. The summed E-state index contributed by atoms with van der Waals surface area (Å²) in [7, 11) is -4.23. The van der Waals surface area contributed by atoms with Crippen LogP contribution >= 0.6 is 0 Å². The summed E-state index contributed by atoms with van der Waals surface area (Å²) in [5.41, 5.74) is 9.32.